The molecule has 0 bridgehead atoms. The van der Waals surface area contributed by atoms with Crippen LogP contribution in [-0.2, 0) is 80.5 Å². The summed E-state index contributed by atoms with van der Waals surface area (Å²) >= 11 is 0. The largest absolute Gasteiger partial charge is 0.392 e. The second-order valence-corrected chi connectivity index (χ2v) is 34.2. The minimum Gasteiger partial charge on any atom is -0.392 e. The van der Waals surface area contributed by atoms with E-state index in [1.807, 2.05) is 0 Å². The smallest absolute Gasteiger partial charge is 0.187 e. The van der Waals surface area contributed by atoms with Gasteiger partial charge >= 0.3 is 0 Å². The normalized spacial score (nSPS) is 54.9. The van der Waals surface area contributed by atoms with E-state index in [1.54, 1.807) is 0 Å². The van der Waals surface area contributed by atoms with Crippen LogP contribution in [0.15, 0.2) is 34.9 Å². The van der Waals surface area contributed by atoms with Crippen molar-refractivity contribution in [2.24, 2.45) is 0 Å². The number of nitrogens with one attached hydrogen (secondary N) is 3. The molecular weight excluding hydrogens is 1680 g/mol. The van der Waals surface area contributed by atoms with Gasteiger partial charge in [-0.1, -0.05) is 18.2 Å². The van der Waals surface area contributed by atoms with E-state index in [1.165, 1.54) is 80.5 Å². The van der Waals surface area contributed by atoms with Gasteiger partial charge in [-0.15, -0.1) is 0 Å². The van der Waals surface area contributed by atoms with E-state index in [4.69, 9.17) is 80.5 Å². The van der Waals surface area contributed by atoms with E-state index in [0.717, 1.165) is 0 Å². The number of hydrogen-bond donors (Lipinski definition) is 32. The SMILES string of the molecule is CC1O[C@H](O[C@@H]2C(C)O[C@H](O[C@@H]3C(C)O[C@H](O[C@@H]4C(C)O[C@H](O[C@@H]5C(C)O[C@@H](O)C(O)C5O)C(O)C4O)C(O)C3O)C(O)C2O)C(O)C(O)[C@@H]1N[C@H]1C=C(CO)[C@@H](O[C@H]2OC(C)[C@@H](O[C@H]3OC(C)[C@@H](N[C@H]4C=C(CO)[C@@H](O[C@H]5OC(C)[C@@H](O[C@H]6OC(C)[C@@H](N[C@H]7C=C(CO)[C@@H](O)[C@H](O)[C@H]7O)C(O)C6O)C(O)C5O)[C@H](O)[C@H]4O)C(O)C3O)C(O)C2O)[C@H](O)[C@H]1O. The molecule has 12 aliphatic rings. The van der Waals surface area contributed by atoms with Crippen LogP contribution in [0.3, 0.4) is 0 Å². The van der Waals surface area contributed by atoms with Gasteiger partial charge < -0.3 is 245 Å². The Morgan fingerprint density at radius 3 is 0.669 bits per heavy atom. The van der Waals surface area contributed by atoms with Crippen LogP contribution in [-0.4, -0.2) is 517 Å². The van der Waals surface area contributed by atoms with Gasteiger partial charge in [0.25, 0.3) is 0 Å². The molecule has 9 saturated heterocycles. The first-order valence-corrected chi connectivity index (χ1v) is 41.4. The van der Waals surface area contributed by atoms with Crippen LogP contribution in [0.4, 0.5) is 0 Å². The van der Waals surface area contributed by atoms with Crippen molar-refractivity contribution in [2.45, 2.75) is 412 Å². The predicted octanol–water partition coefficient (Wildman–Crippen LogP) is -17.4. The summed E-state index contributed by atoms with van der Waals surface area (Å²) in [6, 6.07) is -7.62. The molecule has 124 heavy (non-hydrogen) atoms. The van der Waals surface area contributed by atoms with Crippen LogP contribution in [0.1, 0.15) is 62.3 Å². The van der Waals surface area contributed by atoms with Gasteiger partial charge in [0.15, 0.2) is 56.6 Å². The summed E-state index contributed by atoms with van der Waals surface area (Å²) in [5.74, 6) is 0. The Bertz CT molecular complexity index is 3510. The average molecular weight is 1800 g/mol. The van der Waals surface area contributed by atoms with Crippen molar-refractivity contribution in [1.29, 1.82) is 0 Å². The fourth-order valence-corrected chi connectivity index (χ4v) is 18.1. The van der Waals surface area contributed by atoms with Gasteiger partial charge in [0.05, 0.1) is 111 Å². The van der Waals surface area contributed by atoms with Crippen molar-refractivity contribution in [3.8, 4) is 0 Å². The molecule has 0 aromatic heterocycles. The highest BCUT2D eigenvalue weighted by Gasteiger charge is 2.60. The van der Waals surface area contributed by atoms with Crippen LogP contribution in [0, 0.1) is 0 Å². The number of hydrogen-bond acceptors (Lipinski definition) is 49. The van der Waals surface area contributed by atoms with Crippen LogP contribution in [0.2, 0.25) is 0 Å². The first kappa shape index (κ1) is 100. The summed E-state index contributed by atoms with van der Waals surface area (Å²) in [5, 5.41) is 330. The van der Waals surface area contributed by atoms with Gasteiger partial charge in [0.2, 0.25) is 0 Å². The highest BCUT2D eigenvalue weighted by atomic mass is 16.8. The Morgan fingerprint density at radius 2 is 0.419 bits per heavy atom. The molecule has 0 spiro atoms. The molecule has 0 radical (unpaired) electrons. The molecule has 0 aromatic carbocycles. The fraction of sp³-hybridized carbons (Fsp3) is 0.920. The topological polar surface area (TPSA) is 780 Å². The number of aliphatic hydroxyl groups is 29. The van der Waals surface area contributed by atoms with Crippen LogP contribution < -0.4 is 16.0 Å². The van der Waals surface area contributed by atoms with E-state index in [-0.39, 0.29) is 16.7 Å². The van der Waals surface area contributed by atoms with Crippen molar-refractivity contribution < 1.29 is 229 Å². The maximum absolute atomic E-state index is 11.6. The maximum Gasteiger partial charge on any atom is 0.187 e. The van der Waals surface area contributed by atoms with Gasteiger partial charge in [-0.25, -0.2) is 0 Å². The third kappa shape index (κ3) is 20.2. The summed E-state index contributed by atoms with van der Waals surface area (Å²) in [5.41, 5.74) is -0.259. The lowest BCUT2D eigenvalue weighted by Gasteiger charge is -2.49. The Kier molecular flexibility index (Phi) is 33.5. The zero-order valence-electron chi connectivity index (χ0n) is 68.7. The number of rotatable bonds is 25. The lowest BCUT2D eigenvalue weighted by atomic mass is 9.86. The minimum atomic E-state index is -2.05. The molecule has 3 aliphatic carbocycles. The second kappa shape index (κ2) is 41.4. The lowest BCUT2D eigenvalue weighted by molar-refractivity contribution is -0.385. The Morgan fingerprint density at radius 1 is 0.218 bits per heavy atom. The van der Waals surface area contributed by atoms with Crippen LogP contribution >= 0.6 is 0 Å². The van der Waals surface area contributed by atoms with E-state index in [2.05, 4.69) is 16.0 Å². The van der Waals surface area contributed by atoms with Gasteiger partial charge in [-0.05, 0) is 79.0 Å². The Labute approximate surface area is 708 Å². The van der Waals surface area contributed by atoms with Gasteiger partial charge in [-0.2, -0.15) is 0 Å². The van der Waals surface area contributed by atoms with E-state index in [9.17, 15) is 148 Å². The molecule has 27 unspecified atom stereocenters. The first-order chi connectivity index (χ1) is 58.3. The minimum absolute atomic E-state index is 0.0153. The molecule has 49 nitrogen and oxygen atoms in total. The summed E-state index contributed by atoms with van der Waals surface area (Å²) in [6.45, 7) is 10.3. The van der Waals surface area contributed by atoms with Crippen LogP contribution in [0.25, 0.3) is 0 Å². The van der Waals surface area contributed by atoms with E-state index in [0.29, 0.717) is 0 Å². The van der Waals surface area contributed by atoms with Crippen LogP contribution in [0.5, 0.6) is 0 Å². The summed E-state index contributed by atoms with van der Waals surface area (Å²) < 4.78 is 99.4. The lowest BCUT2D eigenvalue weighted by Crippen LogP contribution is -2.68. The van der Waals surface area contributed by atoms with Gasteiger partial charge in [0, 0.05) is 0 Å². The Hall–Kier alpha value is -2.74. The quantitative estimate of drug-likeness (QED) is 0.0377. The zero-order valence-corrected chi connectivity index (χ0v) is 68.7. The molecule has 0 aromatic rings. The van der Waals surface area contributed by atoms with Gasteiger partial charge in [-0.3, -0.25) is 0 Å². The first-order valence-electron chi connectivity index (χ1n) is 41.4. The van der Waals surface area contributed by atoms with Crippen molar-refractivity contribution >= 4 is 0 Å². The van der Waals surface area contributed by atoms with Crippen molar-refractivity contribution in [3.05, 3.63) is 34.9 Å². The third-order valence-corrected chi connectivity index (χ3v) is 25.6. The molecule has 9 fully saturated rings. The molecule has 0 amide bonds. The second-order valence-electron chi connectivity index (χ2n) is 34.2. The van der Waals surface area contributed by atoms with Gasteiger partial charge in [0.1, 0.15) is 201 Å². The molecule has 9 heterocycles. The molecular formula is C75H125N3O46. The molecule has 12 rings (SSSR count). The molecule has 49 heteroatoms. The third-order valence-electron chi connectivity index (χ3n) is 25.6. The number of aliphatic hydroxyl groups excluding tert-OH is 29. The van der Waals surface area contributed by atoms with E-state index >= 15 is 0 Å². The standard InChI is InChI=1S/C75H125N3O46/c1-16-31(76-28-10-25(13-79)34(82)41(89)35(28)83)38(86)51(99)68(109-16)119-61-23(8)115-74(57(105)48(61)96)123-65-27(15-81)12-30(37(85)43(65)91)78-33-18(3)111-70(53(101)40(33)88)120-62-24(9)116-75(58(106)49(62)97)124-66-26(14-80)11-29(36(84)42(66)90)77-32-17(2)110-69(52(100)39(32)87)118-60-20(5)113-72(55(103)45(60)93)122-64-22(7)114-73(56(104)47(64)95)121-63-21(6)112-71(54(102)46(63)94)117-59-19(4)108-67(107)50(98)44(59)92/h10-12,16-24,28-107H,13-15H2,1-9H3/t16?,17?,18?,19?,20?,21?,22?,23?,24?,28-,29-,30-,31+,32+,33+,34+,35-,36-,37-,38?,39?,40?,41-,42+,43+,44?,45?,46?,47?,48?,49?,50?,51?,52?,53?,54?,55?,56?,57?,58?,59+,60+,61+,62+,63+,64+,65+,66+,67+,68+,69+,70+,71+,72+,73+,74+,75+/m0/s1. The summed E-state index contributed by atoms with van der Waals surface area (Å²) in [6.07, 6.45) is -81.1. The van der Waals surface area contributed by atoms with Crippen molar-refractivity contribution in [2.75, 3.05) is 19.8 Å². The highest BCUT2D eigenvalue weighted by molar-refractivity contribution is 5.26. The summed E-state index contributed by atoms with van der Waals surface area (Å²) in [4.78, 5) is 0. The number of ether oxygens (including phenoxy) is 17. The fourth-order valence-electron chi connectivity index (χ4n) is 18.1. The maximum atomic E-state index is 11.6. The van der Waals surface area contributed by atoms with E-state index < -0.39 is 369 Å². The molecule has 57 atom stereocenters. The highest BCUT2D eigenvalue weighted by Crippen LogP contribution is 2.41. The summed E-state index contributed by atoms with van der Waals surface area (Å²) in [7, 11) is 0. The monoisotopic (exact) mass is 1800 g/mol. The van der Waals surface area contributed by atoms with Crippen molar-refractivity contribution in [1.82, 2.24) is 16.0 Å². The molecule has 0 saturated carbocycles. The zero-order chi connectivity index (χ0) is 91.0. The van der Waals surface area contributed by atoms with Crippen molar-refractivity contribution in [3.63, 3.8) is 0 Å². The predicted molar refractivity (Wildman–Crippen MR) is 398 cm³/mol. The average Bonchev–Trinajstić information content (AvgIpc) is 0.760. The molecule has 9 aliphatic heterocycles. The molecule has 32 N–H and O–H groups in total. The Balaban J connectivity index is 0.587. The molecule has 716 valence electrons.